The summed E-state index contributed by atoms with van der Waals surface area (Å²) in [5, 5.41) is 0. The Morgan fingerprint density at radius 3 is 2.47 bits per heavy atom. The second-order valence-corrected chi connectivity index (χ2v) is 6.65. The van der Waals surface area contributed by atoms with E-state index in [1.807, 2.05) is 0 Å². The van der Waals surface area contributed by atoms with Crippen molar-refractivity contribution in [3.8, 4) is 0 Å². The molecular formula is C14H25N. The van der Waals surface area contributed by atoms with Gasteiger partial charge in [0, 0.05) is 0 Å². The lowest BCUT2D eigenvalue weighted by Crippen LogP contribution is -2.62. The predicted octanol–water partition coefficient (Wildman–Crippen LogP) is 3.04. The van der Waals surface area contributed by atoms with Crippen molar-refractivity contribution in [1.82, 2.24) is 0 Å². The second kappa shape index (κ2) is 3.23. The van der Waals surface area contributed by atoms with Gasteiger partial charge in [0.1, 0.15) is 0 Å². The summed E-state index contributed by atoms with van der Waals surface area (Å²) in [5.74, 6) is 4.83. The monoisotopic (exact) mass is 207 g/mol. The smallest absolute Gasteiger partial charge is 0.00489 e. The van der Waals surface area contributed by atoms with Gasteiger partial charge in [0.05, 0.1) is 0 Å². The van der Waals surface area contributed by atoms with Crippen molar-refractivity contribution >= 4 is 0 Å². The first-order chi connectivity index (χ1) is 7.18. The van der Waals surface area contributed by atoms with Gasteiger partial charge < -0.3 is 5.73 Å². The van der Waals surface area contributed by atoms with Gasteiger partial charge in [-0.1, -0.05) is 13.8 Å². The molecule has 4 fully saturated rings. The minimum atomic E-state index is 0.725. The van der Waals surface area contributed by atoms with Crippen molar-refractivity contribution in [3.63, 3.8) is 0 Å². The Morgan fingerprint density at radius 2 is 2.00 bits per heavy atom. The van der Waals surface area contributed by atoms with Crippen molar-refractivity contribution in [2.75, 3.05) is 6.54 Å². The van der Waals surface area contributed by atoms with Crippen molar-refractivity contribution in [2.24, 2.45) is 40.7 Å². The molecule has 4 rings (SSSR count). The van der Waals surface area contributed by atoms with Crippen LogP contribution in [0, 0.1) is 35.0 Å². The maximum Gasteiger partial charge on any atom is -0.00489 e. The van der Waals surface area contributed by atoms with E-state index < -0.39 is 0 Å². The molecule has 0 aromatic heterocycles. The molecule has 86 valence electrons. The summed E-state index contributed by atoms with van der Waals surface area (Å²) in [5.41, 5.74) is 6.69. The summed E-state index contributed by atoms with van der Waals surface area (Å²) in [4.78, 5) is 0. The Bertz CT molecular complexity index is 256. The topological polar surface area (TPSA) is 26.0 Å². The van der Waals surface area contributed by atoms with Gasteiger partial charge in [0.15, 0.2) is 0 Å². The first kappa shape index (κ1) is 10.1. The van der Waals surface area contributed by atoms with Crippen LogP contribution in [0.2, 0.25) is 0 Å². The molecule has 0 aliphatic heterocycles. The van der Waals surface area contributed by atoms with E-state index in [4.69, 9.17) is 5.73 Å². The number of hydrogen-bond donors (Lipinski definition) is 1. The molecule has 1 nitrogen and oxygen atoms in total. The average molecular weight is 207 g/mol. The summed E-state index contributed by atoms with van der Waals surface area (Å²) in [6.07, 6.45) is 7.73. The molecule has 6 unspecified atom stereocenters. The normalized spacial score (nSPS) is 51.0. The Hall–Kier alpha value is -0.0400. The van der Waals surface area contributed by atoms with Crippen LogP contribution in [0.25, 0.3) is 0 Å². The van der Waals surface area contributed by atoms with Gasteiger partial charge in [-0.3, -0.25) is 0 Å². The highest BCUT2D eigenvalue weighted by molar-refractivity contribution is 5.13. The van der Waals surface area contributed by atoms with Crippen LogP contribution in [-0.4, -0.2) is 6.54 Å². The molecule has 15 heavy (non-hydrogen) atoms. The van der Waals surface area contributed by atoms with Gasteiger partial charge in [0.2, 0.25) is 0 Å². The zero-order valence-corrected chi connectivity index (χ0v) is 10.2. The molecule has 4 saturated carbocycles. The Labute approximate surface area is 93.8 Å². The highest BCUT2D eigenvalue weighted by Gasteiger charge is 2.64. The molecule has 6 atom stereocenters. The number of rotatable bonds is 3. The van der Waals surface area contributed by atoms with Crippen LogP contribution >= 0.6 is 0 Å². The van der Waals surface area contributed by atoms with Crippen LogP contribution in [0.5, 0.6) is 0 Å². The first-order valence-electron chi connectivity index (χ1n) is 6.88. The Balaban J connectivity index is 1.68. The van der Waals surface area contributed by atoms with Crippen molar-refractivity contribution in [1.29, 1.82) is 0 Å². The van der Waals surface area contributed by atoms with Crippen LogP contribution in [0.1, 0.15) is 46.0 Å². The Morgan fingerprint density at radius 1 is 1.27 bits per heavy atom. The molecule has 2 bridgehead atoms. The van der Waals surface area contributed by atoms with Crippen molar-refractivity contribution in [2.45, 2.75) is 46.0 Å². The minimum absolute atomic E-state index is 0.725. The van der Waals surface area contributed by atoms with E-state index in [1.165, 1.54) is 6.42 Å². The van der Waals surface area contributed by atoms with Crippen LogP contribution in [0.15, 0.2) is 0 Å². The van der Waals surface area contributed by atoms with Gasteiger partial charge in [-0.15, -0.1) is 0 Å². The molecule has 4 aliphatic rings. The highest BCUT2D eigenvalue weighted by atomic mass is 14.7. The van der Waals surface area contributed by atoms with Gasteiger partial charge in [0.25, 0.3) is 0 Å². The maximum atomic E-state index is 5.81. The standard InChI is InChI=1S/C14H25N/c1-9(8-15)10(2)11-3-5-14-6-4-13(14)12(11)7-14/h9-13H,3-8,15H2,1-2H3. The van der Waals surface area contributed by atoms with Crippen LogP contribution in [0.3, 0.4) is 0 Å². The van der Waals surface area contributed by atoms with E-state index in [1.54, 1.807) is 25.7 Å². The molecule has 1 heteroatoms. The zero-order valence-electron chi connectivity index (χ0n) is 10.2. The predicted molar refractivity (Wildman–Crippen MR) is 63.4 cm³/mol. The van der Waals surface area contributed by atoms with Gasteiger partial charge >= 0.3 is 0 Å². The first-order valence-corrected chi connectivity index (χ1v) is 6.88. The van der Waals surface area contributed by atoms with E-state index in [-0.39, 0.29) is 0 Å². The molecule has 1 spiro atoms. The molecule has 0 heterocycles. The number of nitrogens with two attached hydrogens (primary N) is 1. The molecule has 2 N–H and O–H groups in total. The maximum absolute atomic E-state index is 5.81. The summed E-state index contributed by atoms with van der Waals surface area (Å²) in [6.45, 7) is 5.67. The van der Waals surface area contributed by atoms with Gasteiger partial charge in [-0.05, 0) is 73.7 Å². The van der Waals surface area contributed by atoms with E-state index in [0.29, 0.717) is 0 Å². The Kier molecular flexibility index (Phi) is 2.18. The average Bonchev–Trinajstić information content (AvgIpc) is 2.26. The second-order valence-electron chi connectivity index (χ2n) is 6.65. The largest absolute Gasteiger partial charge is 0.330 e. The zero-order chi connectivity index (χ0) is 10.6. The molecule has 4 aliphatic carbocycles. The highest BCUT2D eigenvalue weighted by Crippen LogP contribution is 2.73. The van der Waals surface area contributed by atoms with E-state index in [0.717, 1.165) is 41.5 Å². The van der Waals surface area contributed by atoms with Crippen LogP contribution < -0.4 is 5.73 Å². The summed E-state index contributed by atoms with van der Waals surface area (Å²) >= 11 is 0. The molecule has 0 aromatic rings. The van der Waals surface area contributed by atoms with Crippen molar-refractivity contribution < 1.29 is 0 Å². The van der Waals surface area contributed by atoms with Gasteiger partial charge in [-0.2, -0.15) is 0 Å². The number of fused-ring (bicyclic) bond motifs is 2. The number of hydrogen-bond acceptors (Lipinski definition) is 1. The molecule has 0 amide bonds. The summed E-state index contributed by atoms with van der Waals surface area (Å²) < 4.78 is 0. The van der Waals surface area contributed by atoms with E-state index in [9.17, 15) is 0 Å². The van der Waals surface area contributed by atoms with E-state index >= 15 is 0 Å². The van der Waals surface area contributed by atoms with Crippen LogP contribution in [-0.2, 0) is 0 Å². The SMILES string of the molecule is CC(CN)C(C)C1CCC23CCC2C1C3. The molecular weight excluding hydrogens is 182 g/mol. The third-order valence-corrected chi connectivity index (χ3v) is 6.37. The van der Waals surface area contributed by atoms with Gasteiger partial charge in [-0.25, -0.2) is 0 Å². The fraction of sp³-hybridized carbons (Fsp3) is 1.00. The quantitative estimate of drug-likeness (QED) is 0.756. The fourth-order valence-electron chi connectivity index (χ4n) is 4.91. The van der Waals surface area contributed by atoms with Crippen LogP contribution in [0.4, 0.5) is 0 Å². The summed E-state index contributed by atoms with van der Waals surface area (Å²) in [7, 11) is 0. The third-order valence-electron chi connectivity index (χ3n) is 6.37. The molecule has 0 saturated heterocycles. The fourth-order valence-corrected chi connectivity index (χ4v) is 4.91. The molecule has 0 aromatic carbocycles. The van der Waals surface area contributed by atoms with E-state index in [2.05, 4.69) is 13.8 Å². The van der Waals surface area contributed by atoms with Crippen molar-refractivity contribution in [3.05, 3.63) is 0 Å². The lowest BCUT2D eigenvalue weighted by Gasteiger charge is -2.70. The third kappa shape index (κ3) is 1.19. The lowest BCUT2D eigenvalue weighted by molar-refractivity contribution is -0.208. The summed E-state index contributed by atoms with van der Waals surface area (Å²) in [6, 6.07) is 0. The molecule has 0 radical (unpaired) electrons. The minimum Gasteiger partial charge on any atom is -0.330 e. The lowest BCUT2D eigenvalue weighted by atomic mass is 9.35.